The van der Waals surface area contributed by atoms with Gasteiger partial charge in [0.2, 0.25) is 5.91 Å². The number of carboxylic acids is 1. The van der Waals surface area contributed by atoms with Crippen molar-refractivity contribution in [2.24, 2.45) is 23.7 Å². The highest BCUT2D eigenvalue weighted by Gasteiger charge is 2.49. The lowest BCUT2D eigenvalue weighted by molar-refractivity contribution is -0.313. The van der Waals surface area contributed by atoms with Crippen LogP contribution in [-0.4, -0.2) is 25.0 Å². The lowest BCUT2D eigenvalue weighted by Gasteiger charge is -2.27. The van der Waals surface area contributed by atoms with Gasteiger partial charge in [0.1, 0.15) is 5.00 Å². The lowest BCUT2D eigenvalue weighted by atomic mass is 9.82. The molecule has 0 spiro atoms. The Bertz CT molecular complexity index is 796. The molecule has 3 aliphatic carbocycles. The van der Waals surface area contributed by atoms with E-state index in [9.17, 15) is 19.5 Å². The van der Waals surface area contributed by atoms with Gasteiger partial charge in [0.25, 0.3) is 0 Å². The maximum Gasteiger partial charge on any atom is 0.341 e. The van der Waals surface area contributed by atoms with Crippen molar-refractivity contribution in [1.82, 2.24) is 0 Å². The van der Waals surface area contributed by atoms with Gasteiger partial charge in [-0.3, -0.25) is 4.79 Å². The molecule has 0 saturated heterocycles. The molecule has 1 saturated carbocycles. The summed E-state index contributed by atoms with van der Waals surface area (Å²) >= 11 is 1.40. The van der Waals surface area contributed by atoms with Gasteiger partial charge < -0.3 is 20.0 Å². The van der Waals surface area contributed by atoms with Crippen molar-refractivity contribution in [3.05, 3.63) is 28.2 Å². The van der Waals surface area contributed by atoms with Crippen LogP contribution in [-0.2, 0) is 27.2 Å². The number of nitrogens with one attached hydrogen (secondary N) is 1. The zero-order valence-corrected chi connectivity index (χ0v) is 14.6. The number of anilines is 1. The van der Waals surface area contributed by atoms with Gasteiger partial charge in [0.05, 0.1) is 18.6 Å². The number of carboxylic acid groups (broad SMARTS) is 1. The third kappa shape index (κ3) is 2.49. The first-order valence-electron chi connectivity index (χ1n) is 8.44. The second-order valence-corrected chi connectivity index (χ2v) is 7.97. The molecule has 2 bridgehead atoms. The van der Waals surface area contributed by atoms with Crippen LogP contribution in [0.2, 0.25) is 0 Å². The van der Waals surface area contributed by atoms with Gasteiger partial charge in [0.15, 0.2) is 0 Å². The van der Waals surface area contributed by atoms with Gasteiger partial charge in [-0.05, 0) is 43.1 Å². The van der Waals surface area contributed by atoms with E-state index in [1.807, 2.05) is 12.2 Å². The quantitative estimate of drug-likeness (QED) is 0.642. The van der Waals surface area contributed by atoms with E-state index < -0.39 is 23.8 Å². The number of carbonyl (C=O) groups is 3. The summed E-state index contributed by atoms with van der Waals surface area (Å²) in [6, 6.07) is 0. The van der Waals surface area contributed by atoms with Crippen molar-refractivity contribution in [2.45, 2.75) is 25.7 Å². The summed E-state index contributed by atoms with van der Waals surface area (Å²) in [5.41, 5.74) is 1.38. The minimum Gasteiger partial charge on any atom is -0.550 e. The molecule has 1 aromatic rings. The number of allylic oxidation sites excluding steroid dienone is 2. The first-order valence-corrected chi connectivity index (χ1v) is 9.25. The molecular weight excluding hydrogens is 342 g/mol. The summed E-state index contributed by atoms with van der Waals surface area (Å²) < 4.78 is 4.88. The van der Waals surface area contributed by atoms with E-state index in [1.165, 1.54) is 18.4 Å². The maximum atomic E-state index is 12.8. The number of fused-ring (bicyclic) bond motifs is 3. The van der Waals surface area contributed by atoms with Crippen LogP contribution in [0, 0.1) is 23.7 Å². The van der Waals surface area contributed by atoms with Gasteiger partial charge >= 0.3 is 5.97 Å². The van der Waals surface area contributed by atoms with Gasteiger partial charge in [-0.15, -0.1) is 11.3 Å². The summed E-state index contributed by atoms with van der Waals surface area (Å²) in [6.07, 6.45) is 7.13. The van der Waals surface area contributed by atoms with Gasteiger partial charge in [-0.1, -0.05) is 12.2 Å². The molecule has 1 N–H and O–H groups in total. The molecule has 1 aromatic heterocycles. The van der Waals surface area contributed by atoms with Crippen molar-refractivity contribution >= 4 is 34.2 Å². The van der Waals surface area contributed by atoms with E-state index >= 15 is 0 Å². The SMILES string of the molecule is COC(=O)c1c(NC(=O)[C@H]2[C@@H](C(=O)[O-])[C@@H]3C=C[C@@H]2C3)sc2c1CCC2. The van der Waals surface area contributed by atoms with E-state index in [-0.39, 0.29) is 17.7 Å². The Morgan fingerprint density at radius 2 is 1.92 bits per heavy atom. The first kappa shape index (κ1) is 16.3. The number of amides is 1. The highest BCUT2D eigenvalue weighted by Crippen LogP contribution is 2.48. The molecular formula is C18H18NO5S-. The number of hydrogen-bond acceptors (Lipinski definition) is 6. The van der Waals surface area contributed by atoms with Crippen LogP contribution in [0.5, 0.6) is 0 Å². The van der Waals surface area contributed by atoms with Crippen molar-refractivity contribution in [3.8, 4) is 0 Å². The zero-order chi connectivity index (χ0) is 17.7. The molecule has 3 aliphatic rings. The summed E-state index contributed by atoms with van der Waals surface area (Å²) in [6.45, 7) is 0. The molecule has 0 aromatic carbocycles. The van der Waals surface area contributed by atoms with E-state index in [2.05, 4.69) is 5.32 Å². The fourth-order valence-electron chi connectivity index (χ4n) is 4.51. The van der Waals surface area contributed by atoms with E-state index in [4.69, 9.17) is 4.74 Å². The van der Waals surface area contributed by atoms with Crippen LogP contribution in [0.4, 0.5) is 5.00 Å². The van der Waals surface area contributed by atoms with Crippen LogP contribution in [0.1, 0.15) is 33.6 Å². The van der Waals surface area contributed by atoms with Gasteiger partial charge in [-0.2, -0.15) is 0 Å². The summed E-state index contributed by atoms with van der Waals surface area (Å²) in [5.74, 6) is -3.67. The van der Waals surface area contributed by atoms with Gasteiger partial charge in [-0.25, -0.2) is 4.79 Å². The Labute approximate surface area is 148 Å². The summed E-state index contributed by atoms with van der Waals surface area (Å²) in [5, 5.41) is 14.8. The number of rotatable bonds is 4. The van der Waals surface area contributed by atoms with Crippen molar-refractivity contribution in [3.63, 3.8) is 0 Å². The van der Waals surface area contributed by atoms with E-state index in [0.717, 1.165) is 29.7 Å². The normalized spacial score (nSPS) is 28.8. The molecule has 132 valence electrons. The second kappa shape index (κ2) is 5.98. The molecule has 0 unspecified atom stereocenters. The molecule has 0 radical (unpaired) electrons. The summed E-state index contributed by atoms with van der Waals surface area (Å²) in [4.78, 5) is 37.6. The Morgan fingerprint density at radius 3 is 2.60 bits per heavy atom. The molecule has 25 heavy (non-hydrogen) atoms. The third-order valence-electron chi connectivity index (χ3n) is 5.58. The van der Waals surface area contributed by atoms with Crippen LogP contribution in [0.3, 0.4) is 0 Å². The average Bonchev–Trinajstić information content (AvgIpc) is 3.32. The fraction of sp³-hybridized carbons (Fsp3) is 0.500. The Balaban J connectivity index is 1.63. The molecule has 1 amide bonds. The first-order chi connectivity index (χ1) is 12.0. The second-order valence-electron chi connectivity index (χ2n) is 6.86. The number of aliphatic carboxylic acids is 1. The molecule has 1 fully saturated rings. The van der Waals surface area contributed by atoms with Gasteiger partial charge in [0, 0.05) is 16.8 Å². The predicted molar refractivity (Wildman–Crippen MR) is 89.0 cm³/mol. The molecule has 7 heteroatoms. The zero-order valence-electron chi connectivity index (χ0n) is 13.7. The number of esters is 1. The topological polar surface area (TPSA) is 95.5 Å². The fourth-order valence-corrected chi connectivity index (χ4v) is 5.79. The average molecular weight is 360 g/mol. The number of ether oxygens (including phenoxy) is 1. The molecule has 4 rings (SSSR count). The highest BCUT2D eigenvalue weighted by atomic mass is 32.1. The van der Waals surface area contributed by atoms with Crippen LogP contribution < -0.4 is 10.4 Å². The minimum absolute atomic E-state index is 0.0821. The summed E-state index contributed by atoms with van der Waals surface area (Å²) in [7, 11) is 1.32. The van der Waals surface area contributed by atoms with Crippen LogP contribution in [0.25, 0.3) is 0 Å². The predicted octanol–water partition coefficient (Wildman–Crippen LogP) is 1.15. The smallest absolute Gasteiger partial charge is 0.341 e. The number of hydrogen-bond donors (Lipinski definition) is 1. The van der Waals surface area contributed by atoms with Crippen LogP contribution >= 0.6 is 11.3 Å². The van der Waals surface area contributed by atoms with E-state index in [1.54, 1.807) is 0 Å². The lowest BCUT2D eigenvalue weighted by Crippen LogP contribution is -2.42. The number of aryl methyl sites for hydroxylation is 1. The Morgan fingerprint density at radius 1 is 1.20 bits per heavy atom. The standard InChI is InChI=1S/C18H19NO5S/c1-24-18(23)14-10-3-2-4-11(10)25-16(14)19-15(20)12-8-5-6-9(7-8)13(12)17(21)22/h5-6,8-9,12-13H,2-4,7H2,1H3,(H,19,20)(H,21,22)/p-1/t8-,9-,12-,13+/m1/s1. The van der Waals surface area contributed by atoms with Crippen molar-refractivity contribution in [1.29, 1.82) is 0 Å². The van der Waals surface area contributed by atoms with Crippen molar-refractivity contribution in [2.75, 3.05) is 12.4 Å². The molecule has 4 atom stereocenters. The van der Waals surface area contributed by atoms with E-state index in [0.29, 0.717) is 17.0 Å². The molecule has 0 aliphatic heterocycles. The van der Waals surface area contributed by atoms with Crippen molar-refractivity contribution < 1.29 is 24.2 Å². The number of carbonyl (C=O) groups excluding carboxylic acids is 3. The largest absolute Gasteiger partial charge is 0.550 e. The molecule has 6 nitrogen and oxygen atoms in total. The third-order valence-corrected chi connectivity index (χ3v) is 6.79. The molecule has 1 heterocycles. The monoisotopic (exact) mass is 360 g/mol. The Hall–Kier alpha value is -2.15. The number of methoxy groups -OCH3 is 1. The minimum atomic E-state index is -1.18. The highest BCUT2D eigenvalue weighted by molar-refractivity contribution is 7.17. The number of thiophene rings is 1. The Kier molecular flexibility index (Phi) is 3.91. The maximum absolute atomic E-state index is 12.8. The van der Waals surface area contributed by atoms with Crippen LogP contribution in [0.15, 0.2) is 12.2 Å².